The Morgan fingerprint density at radius 1 is 1.25 bits per heavy atom. The van der Waals surface area contributed by atoms with E-state index in [0.717, 1.165) is 10.0 Å². The van der Waals surface area contributed by atoms with Gasteiger partial charge in [0.25, 0.3) is 0 Å². The highest BCUT2D eigenvalue weighted by atomic mass is 79.9. The van der Waals surface area contributed by atoms with Gasteiger partial charge in [0.05, 0.1) is 20.0 Å². The Morgan fingerprint density at radius 2 is 1.80 bits per heavy atom. The maximum absolute atomic E-state index is 11.2. The Kier molecular flexibility index (Phi) is 6.29. The van der Waals surface area contributed by atoms with Crippen LogP contribution in [0.3, 0.4) is 0 Å². The zero-order valence-electron chi connectivity index (χ0n) is 12.1. The van der Waals surface area contributed by atoms with E-state index in [4.69, 9.17) is 9.47 Å². The topological polar surface area (TPSA) is 64.6 Å². The van der Waals surface area contributed by atoms with E-state index in [-0.39, 0.29) is 11.8 Å². The fourth-order valence-corrected chi connectivity index (χ4v) is 3.32. The summed E-state index contributed by atoms with van der Waals surface area (Å²) in [5, 5.41) is 3.18. The second-order valence-corrected chi connectivity index (χ2v) is 7.71. The number of ether oxygens (including phenoxy) is 2. The van der Waals surface area contributed by atoms with Gasteiger partial charge in [0.1, 0.15) is 9.84 Å². The SMILES string of the molecule is COc1cc(Br)c(CNC(C)CS(C)(=O)=O)cc1OC. The van der Waals surface area contributed by atoms with E-state index in [0.29, 0.717) is 18.0 Å². The highest BCUT2D eigenvalue weighted by molar-refractivity contribution is 9.10. The highest BCUT2D eigenvalue weighted by Crippen LogP contribution is 2.33. The number of hydrogen-bond donors (Lipinski definition) is 1. The third-order valence-electron chi connectivity index (χ3n) is 2.75. The lowest BCUT2D eigenvalue weighted by Gasteiger charge is -2.15. The Balaban J connectivity index is 2.78. The number of sulfone groups is 1. The van der Waals surface area contributed by atoms with Crippen LogP contribution in [0.4, 0.5) is 0 Å². The Morgan fingerprint density at radius 3 is 2.30 bits per heavy atom. The van der Waals surface area contributed by atoms with Gasteiger partial charge in [-0.2, -0.15) is 0 Å². The van der Waals surface area contributed by atoms with Crippen LogP contribution in [0.2, 0.25) is 0 Å². The van der Waals surface area contributed by atoms with Crippen LogP contribution in [0.5, 0.6) is 11.5 Å². The summed E-state index contributed by atoms with van der Waals surface area (Å²) in [5.74, 6) is 1.40. The Bertz CT molecular complexity index is 560. The highest BCUT2D eigenvalue weighted by Gasteiger charge is 2.13. The fourth-order valence-electron chi connectivity index (χ4n) is 1.83. The van der Waals surface area contributed by atoms with Crippen molar-refractivity contribution in [3.05, 3.63) is 22.2 Å². The summed E-state index contributed by atoms with van der Waals surface area (Å²) in [5.41, 5.74) is 0.975. The van der Waals surface area contributed by atoms with Crippen molar-refractivity contribution in [1.82, 2.24) is 5.32 Å². The van der Waals surface area contributed by atoms with Crippen molar-refractivity contribution in [3.8, 4) is 11.5 Å². The Labute approximate surface area is 128 Å². The van der Waals surface area contributed by atoms with Crippen molar-refractivity contribution < 1.29 is 17.9 Å². The standard InChI is InChI=1S/C13H20BrNO4S/c1-9(8-20(4,16)17)15-7-10-5-12(18-2)13(19-3)6-11(10)14/h5-6,9,15H,7-8H2,1-4H3. The molecule has 1 aromatic rings. The molecule has 0 spiro atoms. The number of hydrogen-bond acceptors (Lipinski definition) is 5. The molecule has 20 heavy (non-hydrogen) atoms. The average molecular weight is 366 g/mol. The van der Waals surface area contributed by atoms with Crippen molar-refractivity contribution in [2.24, 2.45) is 0 Å². The summed E-state index contributed by atoms with van der Waals surface area (Å²) in [6.07, 6.45) is 1.23. The minimum Gasteiger partial charge on any atom is -0.493 e. The summed E-state index contributed by atoms with van der Waals surface area (Å²) >= 11 is 3.47. The van der Waals surface area contributed by atoms with Crippen molar-refractivity contribution in [3.63, 3.8) is 0 Å². The molecule has 1 rings (SSSR count). The molecule has 1 atom stereocenters. The van der Waals surface area contributed by atoms with Gasteiger partial charge in [0, 0.05) is 23.3 Å². The number of nitrogens with one attached hydrogen (secondary N) is 1. The number of halogens is 1. The van der Waals surface area contributed by atoms with Crippen molar-refractivity contribution in [1.29, 1.82) is 0 Å². The second-order valence-electron chi connectivity index (χ2n) is 4.67. The van der Waals surface area contributed by atoms with Crippen LogP contribution in [0.25, 0.3) is 0 Å². The molecule has 0 aliphatic heterocycles. The molecular weight excluding hydrogens is 346 g/mol. The van der Waals surface area contributed by atoms with Gasteiger partial charge in [-0.05, 0) is 24.6 Å². The minimum absolute atomic E-state index is 0.109. The van der Waals surface area contributed by atoms with Gasteiger partial charge in [0.15, 0.2) is 11.5 Å². The average Bonchev–Trinajstić information content (AvgIpc) is 2.34. The molecule has 0 fully saturated rings. The normalized spacial score (nSPS) is 13.1. The van der Waals surface area contributed by atoms with Gasteiger partial charge in [-0.25, -0.2) is 8.42 Å². The number of rotatable bonds is 7. The molecule has 0 saturated heterocycles. The summed E-state index contributed by atoms with van der Waals surface area (Å²) < 4.78 is 33.8. The molecular formula is C13H20BrNO4S. The third-order valence-corrected chi connectivity index (χ3v) is 4.59. The molecule has 5 nitrogen and oxygen atoms in total. The molecule has 0 heterocycles. The summed E-state index contributed by atoms with van der Waals surface area (Å²) in [4.78, 5) is 0. The van der Waals surface area contributed by atoms with E-state index in [9.17, 15) is 8.42 Å². The van der Waals surface area contributed by atoms with Crippen LogP contribution in [-0.2, 0) is 16.4 Å². The smallest absolute Gasteiger partial charge is 0.161 e. The molecule has 0 aliphatic rings. The van der Waals surface area contributed by atoms with E-state index >= 15 is 0 Å². The van der Waals surface area contributed by atoms with Crippen LogP contribution in [0.15, 0.2) is 16.6 Å². The maximum atomic E-state index is 11.2. The van der Waals surface area contributed by atoms with E-state index in [1.54, 1.807) is 14.2 Å². The van der Waals surface area contributed by atoms with Crippen LogP contribution < -0.4 is 14.8 Å². The zero-order chi connectivity index (χ0) is 15.3. The second kappa shape index (κ2) is 7.28. The predicted octanol–water partition coefficient (Wildman–Crippen LogP) is 1.99. The predicted molar refractivity (Wildman–Crippen MR) is 83.3 cm³/mol. The van der Waals surface area contributed by atoms with Gasteiger partial charge < -0.3 is 14.8 Å². The number of methoxy groups -OCH3 is 2. The zero-order valence-corrected chi connectivity index (χ0v) is 14.5. The first-order chi connectivity index (χ1) is 9.26. The summed E-state index contributed by atoms with van der Waals surface area (Å²) in [6, 6.07) is 3.57. The molecule has 114 valence electrons. The van der Waals surface area contributed by atoms with Crippen molar-refractivity contribution in [2.45, 2.75) is 19.5 Å². The Hall–Kier alpha value is -0.790. The van der Waals surface area contributed by atoms with Gasteiger partial charge in [-0.3, -0.25) is 0 Å². The van der Waals surface area contributed by atoms with Crippen LogP contribution in [0, 0.1) is 0 Å². The van der Waals surface area contributed by atoms with Gasteiger partial charge in [-0.15, -0.1) is 0 Å². The van der Waals surface area contributed by atoms with Gasteiger partial charge >= 0.3 is 0 Å². The molecule has 0 radical (unpaired) electrons. The summed E-state index contributed by atoms with van der Waals surface area (Å²) in [7, 11) is 0.178. The lowest BCUT2D eigenvalue weighted by molar-refractivity contribution is 0.354. The first-order valence-electron chi connectivity index (χ1n) is 6.08. The van der Waals surface area contributed by atoms with Gasteiger partial charge in [-0.1, -0.05) is 15.9 Å². The maximum Gasteiger partial charge on any atom is 0.161 e. The molecule has 0 saturated carbocycles. The largest absolute Gasteiger partial charge is 0.493 e. The van der Waals surface area contributed by atoms with Crippen LogP contribution >= 0.6 is 15.9 Å². The lowest BCUT2D eigenvalue weighted by atomic mass is 10.2. The molecule has 7 heteroatoms. The quantitative estimate of drug-likeness (QED) is 0.800. The molecule has 0 bridgehead atoms. The van der Waals surface area contributed by atoms with E-state index < -0.39 is 9.84 Å². The summed E-state index contributed by atoms with van der Waals surface area (Å²) in [6.45, 7) is 2.38. The van der Waals surface area contributed by atoms with Gasteiger partial charge in [0.2, 0.25) is 0 Å². The first kappa shape index (κ1) is 17.3. The molecule has 1 aromatic carbocycles. The molecule has 0 aromatic heterocycles. The number of benzene rings is 1. The lowest BCUT2D eigenvalue weighted by Crippen LogP contribution is -2.32. The monoisotopic (exact) mass is 365 g/mol. The third kappa shape index (κ3) is 5.30. The van der Waals surface area contributed by atoms with Crippen LogP contribution in [0.1, 0.15) is 12.5 Å². The van der Waals surface area contributed by atoms with Crippen molar-refractivity contribution in [2.75, 3.05) is 26.2 Å². The van der Waals surface area contributed by atoms with Crippen molar-refractivity contribution >= 4 is 25.8 Å². The van der Waals surface area contributed by atoms with E-state index in [1.807, 2.05) is 19.1 Å². The molecule has 1 unspecified atom stereocenters. The van der Waals surface area contributed by atoms with E-state index in [1.165, 1.54) is 6.26 Å². The van der Waals surface area contributed by atoms with E-state index in [2.05, 4.69) is 21.2 Å². The molecule has 0 aliphatic carbocycles. The minimum atomic E-state index is -2.98. The molecule has 1 N–H and O–H groups in total. The van der Waals surface area contributed by atoms with Crippen LogP contribution in [-0.4, -0.2) is 40.7 Å². The fraction of sp³-hybridized carbons (Fsp3) is 0.538. The first-order valence-corrected chi connectivity index (χ1v) is 8.93. The molecule has 0 amide bonds.